The van der Waals surface area contributed by atoms with E-state index >= 15 is 0 Å². The molecule has 0 saturated carbocycles. The smallest absolute Gasteiger partial charge is 0.135 e. The number of nitrogens with zero attached hydrogens (tertiary/aromatic N) is 2. The third-order valence-corrected chi connectivity index (χ3v) is 12.5. The number of para-hydroxylation sites is 4. The summed E-state index contributed by atoms with van der Waals surface area (Å²) in [6, 6.07) is 63.5. The predicted molar refractivity (Wildman–Crippen MR) is 240 cm³/mol. The maximum atomic E-state index is 6.45. The van der Waals surface area contributed by atoms with Gasteiger partial charge in [-0.25, -0.2) is 0 Å². The largest absolute Gasteiger partial charge is 0.456 e. The van der Waals surface area contributed by atoms with Crippen LogP contribution in [0.5, 0.6) is 0 Å². The van der Waals surface area contributed by atoms with Gasteiger partial charge < -0.3 is 18.0 Å². The minimum Gasteiger partial charge on any atom is -0.456 e. The topological polar surface area (TPSA) is 36.1 Å². The Kier molecular flexibility index (Phi) is 6.53. The van der Waals surface area contributed by atoms with E-state index in [-0.39, 0.29) is 5.92 Å². The highest BCUT2D eigenvalue weighted by atomic mass is 16.3. The first-order chi connectivity index (χ1) is 28.7. The number of hydrogen-bond donors (Lipinski definition) is 0. The Balaban J connectivity index is 0.869. The summed E-state index contributed by atoms with van der Waals surface area (Å²) in [6.45, 7) is 0. The highest BCUT2D eigenvalue weighted by molar-refractivity contribution is 6.11. The van der Waals surface area contributed by atoms with Crippen molar-refractivity contribution < 1.29 is 8.83 Å². The molecule has 1 aliphatic rings. The molecule has 0 aliphatic heterocycles. The van der Waals surface area contributed by atoms with Crippen molar-refractivity contribution in [3.8, 4) is 22.5 Å². The van der Waals surface area contributed by atoms with Gasteiger partial charge in [-0.3, -0.25) is 0 Å². The zero-order valence-electron chi connectivity index (χ0n) is 31.4. The number of benzene rings is 8. The molecule has 4 aromatic heterocycles. The van der Waals surface area contributed by atoms with E-state index in [1.807, 2.05) is 0 Å². The van der Waals surface area contributed by atoms with Crippen molar-refractivity contribution in [3.05, 3.63) is 199 Å². The minimum absolute atomic E-state index is 0.220. The molecule has 1 unspecified atom stereocenters. The molecule has 0 fully saturated rings. The molecule has 1 atom stereocenters. The Morgan fingerprint density at radius 3 is 1.50 bits per heavy atom. The van der Waals surface area contributed by atoms with Gasteiger partial charge in [-0.05, 0) is 102 Å². The Hall–Kier alpha value is -7.56. The predicted octanol–water partition coefficient (Wildman–Crippen LogP) is 14.5. The number of rotatable bonds is 4. The van der Waals surface area contributed by atoms with E-state index in [1.54, 1.807) is 0 Å². The van der Waals surface area contributed by atoms with Gasteiger partial charge in [0.25, 0.3) is 0 Å². The molecule has 4 nitrogen and oxygen atoms in total. The van der Waals surface area contributed by atoms with Gasteiger partial charge in [0, 0.05) is 60.6 Å². The van der Waals surface area contributed by atoms with Crippen LogP contribution in [0.4, 0.5) is 0 Å². The fourth-order valence-electron chi connectivity index (χ4n) is 9.79. The number of furan rings is 2. The fourth-order valence-corrected chi connectivity index (χ4v) is 9.79. The third kappa shape index (κ3) is 4.57. The first-order valence-electron chi connectivity index (χ1n) is 20.0. The molecule has 58 heavy (non-hydrogen) atoms. The van der Waals surface area contributed by atoms with Gasteiger partial charge in [0.2, 0.25) is 0 Å². The van der Waals surface area contributed by atoms with Crippen LogP contribution in [0.3, 0.4) is 0 Å². The van der Waals surface area contributed by atoms with Crippen molar-refractivity contribution >= 4 is 82.6 Å². The van der Waals surface area contributed by atoms with E-state index in [4.69, 9.17) is 8.83 Å². The van der Waals surface area contributed by atoms with E-state index in [0.717, 1.165) is 51.1 Å². The maximum Gasteiger partial charge on any atom is 0.135 e. The Bertz CT molecular complexity index is 3570. The Morgan fingerprint density at radius 1 is 0.397 bits per heavy atom. The number of hydrogen-bond acceptors (Lipinski definition) is 2. The standard InChI is InChI=1S/C54H34N2O2/c1-5-16-47-39(12-1)40-13-2-6-17-48(40)55(47)37-22-26-53-45(31-37)43-29-35(20-24-51(43)57-53)33-10-9-11-34(28-33)36-21-25-52-44(30-36)46-32-38(23-27-54(46)58-52)56-49-18-7-3-14-41(49)42-15-4-8-19-50(42)56/h1-29,31-32,36H,30H2. The van der Waals surface area contributed by atoms with Crippen LogP contribution in [-0.2, 0) is 6.42 Å². The van der Waals surface area contributed by atoms with E-state index in [2.05, 4.69) is 197 Å². The van der Waals surface area contributed by atoms with Crippen molar-refractivity contribution in [2.24, 2.45) is 0 Å². The van der Waals surface area contributed by atoms with Crippen LogP contribution in [0, 0.1) is 0 Å². The molecular formula is C54H34N2O2. The average Bonchev–Trinajstić information content (AvgIpc) is 4.03. The van der Waals surface area contributed by atoms with Crippen molar-refractivity contribution in [1.82, 2.24) is 9.13 Å². The molecule has 272 valence electrons. The van der Waals surface area contributed by atoms with Crippen LogP contribution in [0.2, 0.25) is 0 Å². The van der Waals surface area contributed by atoms with E-state index < -0.39 is 0 Å². The summed E-state index contributed by atoms with van der Waals surface area (Å²) in [5.41, 5.74) is 14.7. The SMILES string of the molecule is C1=CC(c2cccc(-c3ccc4oc5ccc(-n6c7ccccc7c7ccccc76)cc5c4c3)c2)Cc2c1oc1ccc(-n3c4ccccc4c4ccccc43)cc21. The van der Waals surface area contributed by atoms with Gasteiger partial charge in [0.1, 0.15) is 22.5 Å². The molecule has 0 radical (unpaired) electrons. The molecule has 8 aromatic carbocycles. The van der Waals surface area contributed by atoms with Crippen molar-refractivity contribution in [1.29, 1.82) is 0 Å². The number of aromatic nitrogens is 2. The first kappa shape index (κ1) is 31.6. The molecule has 0 N–H and O–H groups in total. The summed E-state index contributed by atoms with van der Waals surface area (Å²) in [5, 5.41) is 8.45. The molecule has 1 aliphatic carbocycles. The van der Waals surface area contributed by atoms with Crippen LogP contribution in [-0.4, -0.2) is 9.13 Å². The number of allylic oxidation sites excluding steroid dienone is 1. The molecule has 12 aromatic rings. The second-order valence-electron chi connectivity index (χ2n) is 15.7. The Morgan fingerprint density at radius 2 is 0.897 bits per heavy atom. The Labute approximate surface area is 333 Å². The van der Waals surface area contributed by atoms with Crippen LogP contribution in [0.15, 0.2) is 191 Å². The van der Waals surface area contributed by atoms with Gasteiger partial charge in [0.05, 0.1) is 22.1 Å². The van der Waals surface area contributed by atoms with Crippen molar-refractivity contribution in [3.63, 3.8) is 0 Å². The van der Waals surface area contributed by atoms with Gasteiger partial charge in [0.15, 0.2) is 0 Å². The summed E-state index contributed by atoms with van der Waals surface area (Å²) in [6.07, 6.45) is 5.35. The van der Waals surface area contributed by atoms with Gasteiger partial charge >= 0.3 is 0 Å². The van der Waals surface area contributed by atoms with Crippen LogP contribution in [0.1, 0.15) is 22.8 Å². The van der Waals surface area contributed by atoms with E-state index in [0.29, 0.717) is 0 Å². The van der Waals surface area contributed by atoms with E-state index in [9.17, 15) is 0 Å². The summed E-state index contributed by atoms with van der Waals surface area (Å²) in [7, 11) is 0. The summed E-state index contributed by atoms with van der Waals surface area (Å²) in [4.78, 5) is 0. The average molecular weight is 743 g/mol. The lowest BCUT2D eigenvalue weighted by molar-refractivity contribution is 0.591. The summed E-state index contributed by atoms with van der Waals surface area (Å²) >= 11 is 0. The zero-order valence-corrected chi connectivity index (χ0v) is 31.4. The molecule has 4 heteroatoms. The molecule has 0 saturated heterocycles. The minimum atomic E-state index is 0.220. The lowest BCUT2D eigenvalue weighted by Gasteiger charge is -2.18. The molecule has 13 rings (SSSR count). The van der Waals surface area contributed by atoms with Gasteiger partial charge in [-0.1, -0.05) is 109 Å². The molecule has 0 amide bonds. The quantitative estimate of drug-likeness (QED) is 0.180. The van der Waals surface area contributed by atoms with E-state index in [1.165, 1.54) is 71.3 Å². The van der Waals surface area contributed by atoms with Crippen LogP contribution < -0.4 is 0 Å². The first-order valence-corrected chi connectivity index (χ1v) is 20.0. The van der Waals surface area contributed by atoms with Crippen molar-refractivity contribution in [2.75, 3.05) is 0 Å². The second kappa shape index (κ2) is 12.0. The summed E-state index contributed by atoms with van der Waals surface area (Å²) in [5.74, 6) is 1.18. The van der Waals surface area contributed by atoms with Crippen molar-refractivity contribution in [2.45, 2.75) is 12.3 Å². The summed E-state index contributed by atoms with van der Waals surface area (Å²) < 4.78 is 17.6. The zero-order chi connectivity index (χ0) is 37.9. The highest BCUT2D eigenvalue weighted by Crippen LogP contribution is 2.41. The third-order valence-electron chi connectivity index (χ3n) is 12.5. The van der Waals surface area contributed by atoms with Crippen LogP contribution in [0.25, 0.3) is 105 Å². The normalized spacial score (nSPS) is 14.2. The van der Waals surface area contributed by atoms with Gasteiger partial charge in [-0.15, -0.1) is 0 Å². The lowest BCUT2D eigenvalue weighted by atomic mass is 9.85. The monoisotopic (exact) mass is 742 g/mol. The molecule has 0 bridgehead atoms. The highest BCUT2D eigenvalue weighted by Gasteiger charge is 2.23. The molecular weight excluding hydrogens is 709 g/mol. The molecule has 0 spiro atoms. The fraction of sp³-hybridized carbons (Fsp3) is 0.0370. The number of fused-ring (bicyclic) bond motifs is 12. The molecule has 4 heterocycles. The second-order valence-corrected chi connectivity index (χ2v) is 15.7. The van der Waals surface area contributed by atoms with Crippen LogP contribution >= 0.6 is 0 Å². The maximum absolute atomic E-state index is 6.45. The van der Waals surface area contributed by atoms with Gasteiger partial charge in [-0.2, -0.15) is 0 Å². The lowest BCUT2D eigenvalue weighted by Crippen LogP contribution is -2.04.